The van der Waals surface area contributed by atoms with Gasteiger partial charge in [-0.1, -0.05) is 48.0 Å². The van der Waals surface area contributed by atoms with E-state index in [1.807, 2.05) is 55.5 Å². The maximum absolute atomic E-state index is 12.4. The van der Waals surface area contributed by atoms with Crippen LogP contribution in [0.3, 0.4) is 0 Å². The van der Waals surface area contributed by atoms with Crippen molar-refractivity contribution in [2.75, 3.05) is 6.61 Å². The number of Topliss-reactive ketones (excluding diaryl/α,β-unsaturated/α-hetero) is 1. The Kier molecular flexibility index (Phi) is 3.08. The molecule has 2 nitrogen and oxygen atoms in total. The van der Waals surface area contributed by atoms with Crippen molar-refractivity contribution in [2.45, 2.75) is 19.3 Å². The standard InChI is InChI=1S/C17H16O2/c1-12-6-8-13(9-7-12)10-16(18)15-11-19-17-5-3-2-4-14(15)17/h2-9,15H,10-11H2,1H3. The van der Waals surface area contributed by atoms with E-state index in [0.717, 1.165) is 16.9 Å². The molecular formula is C17H16O2. The summed E-state index contributed by atoms with van der Waals surface area (Å²) >= 11 is 0. The summed E-state index contributed by atoms with van der Waals surface area (Å²) in [4.78, 5) is 12.4. The van der Waals surface area contributed by atoms with E-state index >= 15 is 0 Å². The summed E-state index contributed by atoms with van der Waals surface area (Å²) < 4.78 is 5.57. The summed E-state index contributed by atoms with van der Waals surface area (Å²) in [6, 6.07) is 15.9. The van der Waals surface area contributed by atoms with Crippen LogP contribution in [-0.4, -0.2) is 12.4 Å². The Labute approximate surface area is 113 Å². The van der Waals surface area contributed by atoms with E-state index in [4.69, 9.17) is 4.74 Å². The van der Waals surface area contributed by atoms with Crippen LogP contribution in [0.5, 0.6) is 5.75 Å². The third-order valence-electron chi connectivity index (χ3n) is 3.59. The van der Waals surface area contributed by atoms with Crippen LogP contribution in [0.1, 0.15) is 22.6 Å². The lowest BCUT2D eigenvalue weighted by molar-refractivity contribution is -0.120. The number of hydrogen-bond donors (Lipinski definition) is 0. The molecule has 0 spiro atoms. The molecule has 0 aromatic heterocycles. The average Bonchev–Trinajstić information content (AvgIpc) is 2.85. The second-order valence-corrected chi connectivity index (χ2v) is 5.03. The fourth-order valence-corrected chi connectivity index (χ4v) is 2.46. The second kappa shape index (κ2) is 4.88. The molecule has 2 aromatic rings. The summed E-state index contributed by atoms with van der Waals surface area (Å²) in [5.41, 5.74) is 3.31. The van der Waals surface area contributed by atoms with Gasteiger partial charge in [0, 0.05) is 12.0 Å². The van der Waals surface area contributed by atoms with Crippen LogP contribution in [0.4, 0.5) is 0 Å². The highest BCUT2D eigenvalue weighted by atomic mass is 16.5. The van der Waals surface area contributed by atoms with Gasteiger partial charge in [-0.3, -0.25) is 4.79 Å². The molecule has 2 aromatic carbocycles. The van der Waals surface area contributed by atoms with Gasteiger partial charge in [-0.05, 0) is 18.6 Å². The molecule has 2 heteroatoms. The highest BCUT2D eigenvalue weighted by molar-refractivity contribution is 5.89. The number of carbonyl (C=O) groups excluding carboxylic acids is 1. The number of para-hydroxylation sites is 1. The van der Waals surface area contributed by atoms with Crippen LogP contribution >= 0.6 is 0 Å². The summed E-state index contributed by atoms with van der Waals surface area (Å²) in [6.45, 7) is 2.52. The molecular weight excluding hydrogens is 236 g/mol. The summed E-state index contributed by atoms with van der Waals surface area (Å²) in [6.07, 6.45) is 0.475. The Morgan fingerprint density at radius 3 is 2.68 bits per heavy atom. The third-order valence-corrected chi connectivity index (χ3v) is 3.59. The van der Waals surface area contributed by atoms with E-state index in [0.29, 0.717) is 13.0 Å². The number of rotatable bonds is 3. The third kappa shape index (κ3) is 2.39. The number of fused-ring (bicyclic) bond motifs is 1. The number of aryl methyl sites for hydroxylation is 1. The van der Waals surface area contributed by atoms with Gasteiger partial charge in [0.2, 0.25) is 0 Å². The summed E-state index contributed by atoms with van der Waals surface area (Å²) in [5.74, 6) is 0.969. The van der Waals surface area contributed by atoms with Crippen LogP contribution in [0.15, 0.2) is 48.5 Å². The van der Waals surface area contributed by atoms with Crippen LogP contribution in [-0.2, 0) is 11.2 Å². The molecule has 1 aliphatic rings. The largest absolute Gasteiger partial charge is 0.492 e. The Balaban J connectivity index is 1.77. The Morgan fingerprint density at radius 2 is 1.89 bits per heavy atom. The van der Waals surface area contributed by atoms with Gasteiger partial charge in [-0.2, -0.15) is 0 Å². The molecule has 3 rings (SSSR count). The minimum Gasteiger partial charge on any atom is -0.492 e. The van der Waals surface area contributed by atoms with Gasteiger partial charge >= 0.3 is 0 Å². The first kappa shape index (κ1) is 12.0. The molecule has 19 heavy (non-hydrogen) atoms. The fourth-order valence-electron chi connectivity index (χ4n) is 2.46. The van der Waals surface area contributed by atoms with Crippen molar-refractivity contribution < 1.29 is 9.53 Å². The van der Waals surface area contributed by atoms with Gasteiger partial charge in [0.1, 0.15) is 18.1 Å². The van der Waals surface area contributed by atoms with Crippen molar-refractivity contribution >= 4 is 5.78 Å². The molecule has 0 bridgehead atoms. The monoisotopic (exact) mass is 252 g/mol. The molecule has 0 aliphatic carbocycles. The highest BCUT2D eigenvalue weighted by Gasteiger charge is 2.29. The minimum absolute atomic E-state index is 0.113. The molecule has 0 amide bonds. The van der Waals surface area contributed by atoms with Gasteiger partial charge in [0.05, 0.1) is 5.92 Å². The van der Waals surface area contributed by atoms with Gasteiger partial charge in [-0.25, -0.2) is 0 Å². The zero-order chi connectivity index (χ0) is 13.2. The summed E-state index contributed by atoms with van der Waals surface area (Å²) in [7, 11) is 0. The number of carbonyl (C=O) groups is 1. The van der Waals surface area contributed by atoms with Gasteiger partial charge in [0.15, 0.2) is 0 Å². The second-order valence-electron chi connectivity index (χ2n) is 5.03. The maximum Gasteiger partial charge on any atom is 0.148 e. The first-order valence-electron chi connectivity index (χ1n) is 6.54. The lowest BCUT2D eigenvalue weighted by Crippen LogP contribution is -2.16. The Morgan fingerprint density at radius 1 is 1.16 bits per heavy atom. The minimum atomic E-state index is -0.113. The van der Waals surface area contributed by atoms with Crippen molar-refractivity contribution in [2.24, 2.45) is 0 Å². The molecule has 0 radical (unpaired) electrons. The van der Waals surface area contributed by atoms with Gasteiger partial charge in [-0.15, -0.1) is 0 Å². The maximum atomic E-state index is 12.4. The van der Waals surface area contributed by atoms with Crippen molar-refractivity contribution in [1.82, 2.24) is 0 Å². The predicted octanol–water partition coefficient (Wildman–Crippen LogP) is 3.28. The Bertz CT molecular complexity index is 599. The van der Waals surface area contributed by atoms with E-state index in [1.54, 1.807) is 0 Å². The van der Waals surface area contributed by atoms with E-state index in [2.05, 4.69) is 0 Å². The fraction of sp³-hybridized carbons (Fsp3) is 0.235. The van der Waals surface area contributed by atoms with Crippen LogP contribution < -0.4 is 4.74 Å². The number of benzene rings is 2. The lowest BCUT2D eigenvalue weighted by Gasteiger charge is -2.08. The first-order valence-corrected chi connectivity index (χ1v) is 6.54. The number of hydrogen-bond acceptors (Lipinski definition) is 2. The van der Waals surface area contributed by atoms with Gasteiger partial charge < -0.3 is 4.74 Å². The highest BCUT2D eigenvalue weighted by Crippen LogP contribution is 2.34. The molecule has 0 fully saturated rings. The van der Waals surface area contributed by atoms with E-state index in [-0.39, 0.29) is 11.7 Å². The molecule has 0 saturated carbocycles. The zero-order valence-corrected chi connectivity index (χ0v) is 10.9. The van der Waals surface area contributed by atoms with Crippen molar-refractivity contribution in [1.29, 1.82) is 0 Å². The van der Waals surface area contributed by atoms with E-state index in [1.165, 1.54) is 5.56 Å². The van der Waals surface area contributed by atoms with Crippen molar-refractivity contribution in [3.8, 4) is 5.75 Å². The molecule has 1 unspecified atom stereocenters. The van der Waals surface area contributed by atoms with Crippen LogP contribution in [0, 0.1) is 6.92 Å². The Hall–Kier alpha value is -2.09. The topological polar surface area (TPSA) is 26.3 Å². The average molecular weight is 252 g/mol. The number of ether oxygens (including phenoxy) is 1. The predicted molar refractivity (Wildman–Crippen MR) is 74.6 cm³/mol. The summed E-state index contributed by atoms with van der Waals surface area (Å²) in [5, 5.41) is 0. The smallest absolute Gasteiger partial charge is 0.148 e. The molecule has 96 valence electrons. The lowest BCUT2D eigenvalue weighted by atomic mass is 9.92. The van der Waals surface area contributed by atoms with Crippen LogP contribution in [0.2, 0.25) is 0 Å². The quantitative estimate of drug-likeness (QED) is 0.838. The zero-order valence-electron chi connectivity index (χ0n) is 10.9. The first-order chi connectivity index (χ1) is 9.24. The van der Waals surface area contributed by atoms with E-state index in [9.17, 15) is 4.79 Å². The molecule has 1 aliphatic heterocycles. The van der Waals surface area contributed by atoms with E-state index < -0.39 is 0 Å². The van der Waals surface area contributed by atoms with Crippen molar-refractivity contribution in [3.63, 3.8) is 0 Å². The van der Waals surface area contributed by atoms with Crippen molar-refractivity contribution in [3.05, 3.63) is 65.2 Å². The van der Waals surface area contributed by atoms with Crippen LogP contribution in [0.25, 0.3) is 0 Å². The molecule has 1 heterocycles. The molecule has 1 atom stereocenters. The SMILES string of the molecule is Cc1ccc(CC(=O)C2COc3ccccc32)cc1. The number of ketones is 1. The normalized spacial score (nSPS) is 16.8. The molecule has 0 saturated heterocycles. The van der Waals surface area contributed by atoms with Gasteiger partial charge in [0.25, 0.3) is 0 Å². The molecule has 0 N–H and O–H groups in total.